The summed E-state index contributed by atoms with van der Waals surface area (Å²) in [5, 5.41) is 12.7. The van der Waals surface area contributed by atoms with Crippen molar-refractivity contribution in [2.75, 3.05) is 12.4 Å². The standard InChI is InChI=1S/C27H25N3O4/c1-33-23-9-5-8-20(14-23)17-34-22-12-10-21(11-13-22)24-16-26(29-18-28-24)30-25(27(31)32)15-19-6-3-2-4-7-19/h2-14,16,18,25H,15,17H2,1H3,(H,31,32)(H,28,29,30)/t25-/m0/s1. The molecule has 172 valence electrons. The highest BCUT2D eigenvalue weighted by molar-refractivity contribution is 5.77. The van der Waals surface area contributed by atoms with Gasteiger partial charge in [-0.25, -0.2) is 14.8 Å². The number of methoxy groups -OCH3 is 1. The topological polar surface area (TPSA) is 93.6 Å². The molecule has 0 amide bonds. The fraction of sp³-hybridized carbons (Fsp3) is 0.148. The van der Waals surface area contributed by atoms with Crippen LogP contribution < -0.4 is 14.8 Å². The minimum atomic E-state index is -0.943. The van der Waals surface area contributed by atoms with Crippen LogP contribution in [0.5, 0.6) is 11.5 Å². The zero-order valence-corrected chi connectivity index (χ0v) is 18.7. The molecule has 1 heterocycles. The third-order valence-corrected chi connectivity index (χ3v) is 5.26. The molecule has 3 aromatic carbocycles. The number of aromatic nitrogens is 2. The van der Waals surface area contributed by atoms with Gasteiger partial charge in [0.15, 0.2) is 0 Å². The Morgan fingerprint density at radius 3 is 2.41 bits per heavy atom. The summed E-state index contributed by atoms with van der Waals surface area (Å²) < 4.78 is 11.1. The minimum Gasteiger partial charge on any atom is -0.497 e. The minimum absolute atomic E-state index is 0.342. The number of nitrogens with one attached hydrogen (secondary N) is 1. The van der Waals surface area contributed by atoms with E-state index < -0.39 is 12.0 Å². The van der Waals surface area contributed by atoms with Gasteiger partial charge in [-0.05, 0) is 47.5 Å². The molecule has 0 saturated carbocycles. The number of ether oxygens (including phenoxy) is 2. The van der Waals surface area contributed by atoms with E-state index in [1.165, 1.54) is 6.33 Å². The Hall–Kier alpha value is -4.39. The second kappa shape index (κ2) is 11.0. The van der Waals surface area contributed by atoms with E-state index in [1.807, 2.05) is 78.9 Å². The number of carboxylic acid groups (broad SMARTS) is 1. The van der Waals surface area contributed by atoms with E-state index >= 15 is 0 Å². The first-order chi connectivity index (χ1) is 16.6. The van der Waals surface area contributed by atoms with E-state index in [0.717, 1.165) is 28.2 Å². The Balaban J connectivity index is 1.41. The Kier molecular flexibility index (Phi) is 7.35. The molecule has 1 atom stereocenters. The summed E-state index contributed by atoms with van der Waals surface area (Å²) in [6.45, 7) is 0.427. The van der Waals surface area contributed by atoms with Gasteiger partial charge in [-0.15, -0.1) is 0 Å². The van der Waals surface area contributed by atoms with Gasteiger partial charge in [0.25, 0.3) is 0 Å². The van der Waals surface area contributed by atoms with Crippen molar-refractivity contribution >= 4 is 11.8 Å². The molecule has 0 spiro atoms. The fourth-order valence-electron chi connectivity index (χ4n) is 3.47. The lowest BCUT2D eigenvalue weighted by atomic mass is 10.1. The van der Waals surface area contributed by atoms with Crippen LogP contribution in [0.25, 0.3) is 11.3 Å². The van der Waals surface area contributed by atoms with Crippen LogP contribution in [0.1, 0.15) is 11.1 Å². The van der Waals surface area contributed by atoms with E-state index in [-0.39, 0.29) is 0 Å². The lowest BCUT2D eigenvalue weighted by Gasteiger charge is -2.15. The molecular weight excluding hydrogens is 430 g/mol. The molecule has 4 rings (SSSR count). The normalized spacial score (nSPS) is 11.4. The average molecular weight is 456 g/mol. The average Bonchev–Trinajstić information content (AvgIpc) is 2.88. The quantitative estimate of drug-likeness (QED) is 0.353. The maximum absolute atomic E-state index is 11.8. The van der Waals surface area contributed by atoms with Crippen LogP contribution in [-0.4, -0.2) is 34.2 Å². The number of carbonyl (C=O) groups is 1. The molecule has 1 aromatic heterocycles. The first kappa shape index (κ1) is 22.8. The van der Waals surface area contributed by atoms with Crippen LogP contribution in [0.2, 0.25) is 0 Å². The van der Waals surface area contributed by atoms with Crippen LogP contribution >= 0.6 is 0 Å². The number of aliphatic carboxylic acids is 1. The van der Waals surface area contributed by atoms with E-state index in [0.29, 0.717) is 24.5 Å². The highest BCUT2D eigenvalue weighted by Crippen LogP contribution is 2.23. The summed E-state index contributed by atoms with van der Waals surface area (Å²) in [5.74, 6) is 1.03. The predicted octanol–water partition coefficient (Wildman–Crippen LogP) is 4.84. The van der Waals surface area contributed by atoms with Gasteiger partial charge in [-0.3, -0.25) is 0 Å². The molecule has 2 N–H and O–H groups in total. The van der Waals surface area contributed by atoms with Crippen LogP contribution in [0.3, 0.4) is 0 Å². The van der Waals surface area contributed by atoms with Crippen molar-refractivity contribution in [2.24, 2.45) is 0 Å². The van der Waals surface area contributed by atoms with Gasteiger partial charge in [0, 0.05) is 18.1 Å². The van der Waals surface area contributed by atoms with Gasteiger partial charge in [0.2, 0.25) is 0 Å². The highest BCUT2D eigenvalue weighted by atomic mass is 16.5. The second-order valence-electron chi connectivity index (χ2n) is 7.68. The summed E-state index contributed by atoms with van der Waals surface area (Å²) in [5.41, 5.74) is 3.49. The van der Waals surface area contributed by atoms with Gasteiger partial charge in [0.05, 0.1) is 12.8 Å². The summed E-state index contributed by atoms with van der Waals surface area (Å²) in [6, 6.07) is 25.7. The highest BCUT2D eigenvalue weighted by Gasteiger charge is 2.18. The maximum Gasteiger partial charge on any atom is 0.326 e. The van der Waals surface area contributed by atoms with Crippen LogP contribution in [0.15, 0.2) is 91.3 Å². The zero-order valence-electron chi connectivity index (χ0n) is 18.7. The van der Waals surface area contributed by atoms with Crippen molar-refractivity contribution in [3.63, 3.8) is 0 Å². The van der Waals surface area contributed by atoms with E-state index in [9.17, 15) is 9.90 Å². The molecule has 0 fully saturated rings. The van der Waals surface area contributed by atoms with Crippen molar-refractivity contribution < 1.29 is 19.4 Å². The first-order valence-corrected chi connectivity index (χ1v) is 10.8. The molecule has 7 heteroatoms. The number of nitrogens with zero attached hydrogens (tertiary/aromatic N) is 2. The Morgan fingerprint density at radius 2 is 1.68 bits per heavy atom. The van der Waals surface area contributed by atoms with Crippen LogP contribution in [0.4, 0.5) is 5.82 Å². The molecular formula is C27H25N3O4. The largest absolute Gasteiger partial charge is 0.497 e. The monoisotopic (exact) mass is 455 g/mol. The van der Waals surface area contributed by atoms with E-state index in [1.54, 1.807) is 13.2 Å². The van der Waals surface area contributed by atoms with Gasteiger partial charge >= 0.3 is 5.97 Å². The van der Waals surface area contributed by atoms with Crippen molar-refractivity contribution in [1.82, 2.24) is 9.97 Å². The summed E-state index contributed by atoms with van der Waals surface area (Å²) >= 11 is 0. The molecule has 0 unspecified atom stereocenters. The zero-order chi connectivity index (χ0) is 23.8. The molecule has 7 nitrogen and oxygen atoms in total. The lowest BCUT2D eigenvalue weighted by molar-refractivity contribution is -0.137. The summed E-state index contributed by atoms with van der Waals surface area (Å²) in [6.07, 6.45) is 1.77. The van der Waals surface area contributed by atoms with Crippen molar-refractivity contribution in [2.45, 2.75) is 19.1 Å². The number of hydrogen-bond acceptors (Lipinski definition) is 6. The van der Waals surface area contributed by atoms with E-state index in [2.05, 4.69) is 15.3 Å². The Bertz CT molecular complexity index is 1230. The third kappa shape index (κ3) is 6.10. The Labute approximate surface area is 198 Å². The summed E-state index contributed by atoms with van der Waals surface area (Å²) in [7, 11) is 1.64. The molecule has 0 aliphatic rings. The van der Waals surface area contributed by atoms with Gasteiger partial charge in [-0.2, -0.15) is 0 Å². The van der Waals surface area contributed by atoms with Crippen LogP contribution in [-0.2, 0) is 17.8 Å². The number of anilines is 1. The van der Waals surface area contributed by atoms with Crippen molar-refractivity contribution in [1.29, 1.82) is 0 Å². The molecule has 0 bridgehead atoms. The summed E-state index contributed by atoms with van der Waals surface area (Å²) in [4.78, 5) is 20.3. The Morgan fingerprint density at radius 1 is 0.912 bits per heavy atom. The molecule has 0 aliphatic carbocycles. The smallest absolute Gasteiger partial charge is 0.326 e. The molecule has 4 aromatic rings. The molecule has 0 saturated heterocycles. The third-order valence-electron chi connectivity index (χ3n) is 5.26. The van der Waals surface area contributed by atoms with Crippen molar-refractivity contribution in [3.05, 3.63) is 102 Å². The number of rotatable bonds is 10. The fourth-order valence-corrected chi connectivity index (χ4v) is 3.47. The number of benzene rings is 3. The maximum atomic E-state index is 11.8. The van der Waals surface area contributed by atoms with Gasteiger partial charge in [0.1, 0.15) is 36.3 Å². The molecule has 0 radical (unpaired) electrons. The lowest BCUT2D eigenvalue weighted by Crippen LogP contribution is -2.31. The van der Waals surface area contributed by atoms with Gasteiger partial charge in [-0.1, -0.05) is 42.5 Å². The van der Waals surface area contributed by atoms with E-state index in [4.69, 9.17) is 9.47 Å². The second-order valence-corrected chi connectivity index (χ2v) is 7.68. The number of carboxylic acids is 1. The first-order valence-electron chi connectivity index (χ1n) is 10.8. The van der Waals surface area contributed by atoms with Gasteiger partial charge < -0.3 is 19.9 Å². The molecule has 34 heavy (non-hydrogen) atoms. The predicted molar refractivity (Wildman–Crippen MR) is 130 cm³/mol. The molecule has 0 aliphatic heterocycles. The SMILES string of the molecule is COc1cccc(COc2ccc(-c3cc(N[C@@H](Cc4ccccc4)C(=O)O)ncn3)cc2)c1. The van der Waals surface area contributed by atoms with Crippen LogP contribution in [0, 0.1) is 0 Å². The number of hydrogen-bond donors (Lipinski definition) is 2. The van der Waals surface area contributed by atoms with Crippen molar-refractivity contribution in [3.8, 4) is 22.8 Å².